The molecule has 4 unspecified atom stereocenters. The number of amides is 2. The highest BCUT2D eigenvalue weighted by atomic mass is 35.5. The first-order chi connectivity index (χ1) is 14.7. The summed E-state index contributed by atoms with van der Waals surface area (Å²) in [7, 11) is 1.66. The van der Waals surface area contributed by atoms with E-state index in [2.05, 4.69) is 16.1 Å². The van der Waals surface area contributed by atoms with Crippen LogP contribution >= 0.6 is 11.6 Å². The van der Waals surface area contributed by atoms with E-state index >= 15 is 0 Å². The molecular formula is C21H27ClF2N4O3. The Kier molecular flexibility index (Phi) is 6.37. The van der Waals surface area contributed by atoms with Crippen molar-refractivity contribution < 1.29 is 23.1 Å². The number of nitrogens with one attached hydrogen (secondary N) is 3. The zero-order chi connectivity index (χ0) is 22.3. The standard InChI is InChI=1S/C21H27ClF2N4O3/c1-10-19(24)20(28(2)27-10)21(30)26-17-8-16(11-5-12(17)6-11)25-18(29)9-31-13-3-4-14(22)15(23)7-13/h3-4,7,10-12,16-17,19-20,27H,5-6,8-9H2,1-2H3,(H,25,29)(H,26,30)/t10?,11?,12?,16?,17-,19?,20?/m1/s1. The van der Waals surface area contributed by atoms with Crippen molar-refractivity contribution in [1.29, 1.82) is 0 Å². The summed E-state index contributed by atoms with van der Waals surface area (Å²) < 4.78 is 33.2. The summed E-state index contributed by atoms with van der Waals surface area (Å²) in [6.45, 7) is 1.46. The minimum atomic E-state index is -1.28. The van der Waals surface area contributed by atoms with Crippen LogP contribution < -0.4 is 20.8 Å². The smallest absolute Gasteiger partial charge is 0.258 e. The molecule has 1 aliphatic heterocycles. The number of carbonyl (C=O) groups is 2. The Morgan fingerprint density at radius 3 is 2.52 bits per heavy atom. The van der Waals surface area contributed by atoms with Gasteiger partial charge < -0.3 is 15.4 Å². The minimum absolute atomic E-state index is 0.0141. The van der Waals surface area contributed by atoms with E-state index < -0.39 is 24.1 Å². The van der Waals surface area contributed by atoms with Crippen LogP contribution in [0.4, 0.5) is 8.78 Å². The van der Waals surface area contributed by atoms with E-state index in [1.54, 1.807) is 14.0 Å². The van der Waals surface area contributed by atoms with Gasteiger partial charge in [0.05, 0.1) is 11.1 Å². The van der Waals surface area contributed by atoms with Gasteiger partial charge in [0.25, 0.3) is 5.91 Å². The van der Waals surface area contributed by atoms with Crippen molar-refractivity contribution in [1.82, 2.24) is 21.1 Å². The van der Waals surface area contributed by atoms with Crippen LogP contribution in [0.1, 0.15) is 26.2 Å². The van der Waals surface area contributed by atoms with Gasteiger partial charge >= 0.3 is 0 Å². The maximum Gasteiger partial charge on any atom is 0.258 e. The highest BCUT2D eigenvalue weighted by Crippen LogP contribution is 2.46. The van der Waals surface area contributed by atoms with E-state index in [9.17, 15) is 18.4 Å². The van der Waals surface area contributed by atoms with E-state index in [-0.39, 0.29) is 41.3 Å². The molecule has 2 bridgehead atoms. The molecule has 5 rings (SSSR count). The van der Waals surface area contributed by atoms with Gasteiger partial charge in [-0.1, -0.05) is 11.6 Å². The third-order valence-electron chi connectivity index (χ3n) is 6.66. The lowest BCUT2D eigenvalue weighted by atomic mass is 9.60. The number of likely N-dealkylation sites (N-methyl/N-ethyl adjacent to an activating group) is 1. The van der Waals surface area contributed by atoms with Crippen molar-refractivity contribution in [3.05, 3.63) is 29.0 Å². The average molecular weight is 457 g/mol. The summed E-state index contributed by atoms with van der Waals surface area (Å²) in [5.74, 6) is -0.322. The van der Waals surface area contributed by atoms with E-state index in [1.165, 1.54) is 17.1 Å². The predicted molar refractivity (Wildman–Crippen MR) is 111 cm³/mol. The number of ether oxygens (including phenoxy) is 1. The molecule has 4 fully saturated rings. The van der Waals surface area contributed by atoms with Crippen LogP contribution in [0.5, 0.6) is 5.75 Å². The number of fused-ring (bicyclic) bond motifs is 2. The summed E-state index contributed by atoms with van der Waals surface area (Å²) in [6.07, 6.45) is 1.13. The molecule has 3 saturated carbocycles. The minimum Gasteiger partial charge on any atom is -0.484 e. The van der Waals surface area contributed by atoms with Crippen LogP contribution in [0, 0.1) is 17.7 Å². The second-order valence-electron chi connectivity index (χ2n) is 8.80. The first-order valence-corrected chi connectivity index (χ1v) is 10.9. The maximum absolute atomic E-state index is 14.4. The second kappa shape index (κ2) is 8.88. The van der Waals surface area contributed by atoms with Gasteiger partial charge in [-0.05, 0) is 50.2 Å². The molecule has 1 heterocycles. The largest absolute Gasteiger partial charge is 0.484 e. The number of hydrazine groups is 1. The van der Waals surface area contributed by atoms with Gasteiger partial charge in [-0.2, -0.15) is 0 Å². The fourth-order valence-electron chi connectivity index (χ4n) is 4.89. The number of rotatable bonds is 6. The van der Waals surface area contributed by atoms with Crippen molar-refractivity contribution in [2.75, 3.05) is 13.7 Å². The van der Waals surface area contributed by atoms with Crippen LogP contribution in [0.15, 0.2) is 18.2 Å². The van der Waals surface area contributed by atoms with E-state index in [0.717, 1.165) is 18.9 Å². The molecule has 0 spiro atoms. The van der Waals surface area contributed by atoms with Crippen molar-refractivity contribution in [2.24, 2.45) is 11.8 Å². The highest BCUT2D eigenvalue weighted by molar-refractivity contribution is 6.30. The van der Waals surface area contributed by atoms with E-state index in [4.69, 9.17) is 16.3 Å². The maximum atomic E-state index is 14.4. The first kappa shape index (κ1) is 22.2. The Labute approximate surface area is 184 Å². The van der Waals surface area contributed by atoms with Crippen LogP contribution in [0.2, 0.25) is 5.02 Å². The zero-order valence-corrected chi connectivity index (χ0v) is 18.2. The molecule has 7 nitrogen and oxygen atoms in total. The molecule has 3 aliphatic carbocycles. The highest BCUT2D eigenvalue weighted by Gasteiger charge is 2.49. The number of hydrogen-bond acceptors (Lipinski definition) is 5. The number of nitrogens with zero attached hydrogens (tertiary/aromatic N) is 1. The Bertz CT molecular complexity index is 854. The summed E-state index contributed by atoms with van der Waals surface area (Å²) in [6, 6.07) is 2.52. The number of carbonyl (C=O) groups excluding carboxylic acids is 2. The van der Waals surface area contributed by atoms with Crippen molar-refractivity contribution in [3.8, 4) is 5.75 Å². The number of hydrogen-bond donors (Lipinski definition) is 3. The zero-order valence-electron chi connectivity index (χ0n) is 17.4. The summed E-state index contributed by atoms with van der Waals surface area (Å²) in [4.78, 5) is 25.1. The molecule has 4 aliphatic rings. The van der Waals surface area contributed by atoms with Crippen LogP contribution in [0.25, 0.3) is 0 Å². The molecule has 31 heavy (non-hydrogen) atoms. The number of alkyl halides is 1. The van der Waals surface area contributed by atoms with Gasteiger partial charge in [0.1, 0.15) is 23.8 Å². The number of halogens is 3. The monoisotopic (exact) mass is 456 g/mol. The van der Waals surface area contributed by atoms with Gasteiger partial charge in [0.15, 0.2) is 6.61 Å². The van der Waals surface area contributed by atoms with Gasteiger partial charge in [0, 0.05) is 25.2 Å². The number of benzene rings is 1. The molecule has 10 heteroatoms. The molecule has 1 aromatic carbocycles. The summed E-state index contributed by atoms with van der Waals surface area (Å²) >= 11 is 5.64. The average Bonchev–Trinajstić information content (AvgIpc) is 2.93. The molecule has 0 radical (unpaired) electrons. The van der Waals surface area contributed by atoms with E-state index in [0.29, 0.717) is 18.3 Å². The molecule has 170 valence electrons. The SMILES string of the molecule is CC1NN(C)C(C(=O)N[C@@H]2CC(NC(=O)COc3ccc(Cl)c(F)c3)C3CC2C3)C1F. The van der Waals surface area contributed by atoms with Gasteiger partial charge in [-0.3, -0.25) is 9.59 Å². The van der Waals surface area contributed by atoms with Gasteiger partial charge in [-0.15, -0.1) is 0 Å². The summed E-state index contributed by atoms with van der Waals surface area (Å²) in [5.41, 5.74) is 2.92. The molecule has 1 aromatic rings. The first-order valence-electron chi connectivity index (χ1n) is 10.5. The predicted octanol–water partition coefficient (Wildman–Crippen LogP) is 1.80. The van der Waals surface area contributed by atoms with Crippen LogP contribution in [-0.2, 0) is 9.59 Å². The molecule has 1 saturated heterocycles. The van der Waals surface area contributed by atoms with E-state index in [1.807, 2.05) is 0 Å². The van der Waals surface area contributed by atoms with Crippen molar-refractivity contribution in [3.63, 3.8) is 0 Å². The molecule has 2 amide bonds. The molecule has 3 N–H and O–H groups in total. The Morgan fingerprint density at radius 2 is 1.90 bits per heavy atom. The molecule has 0 aromatic heterocycles. The fraction of sp³-hybridized carbons (Fsp3) is 0.619. The third kappa shape index (κ3) is 4.63. The third-order valence-corrected chi connectivity index (χ3v) is 6.97. The van der Waals surface area contributed by atoms with Crippen molar-refractivity contribution in [2.45, 2.75) is 56.5 Å². The fourth-order valence-corrected chi connectivity index (χ4v) is 5.01. The Balaban J connectivity index is 1.29. The normalized spacial score (nSPS) is 34.7. The lowest BCUT2D eigenvalue weighted by Gasteiger charge is -2.51. The van der Waals surface area contributed by atoms with Crippen molar-refractivity contribution >= 4 is 23.4 Å². The Hall–Kier alpha value is -1.97. The summed E-state index contributed by atoms with van der Waals surface area (Å²) in [5, 5.41) is 7.48. The quantitative estimate of drug-likeness (QED) is 0.608. The topological polar surface area (TPSA) is 82.7 Å². The van der Waals surface area contributed by atoms with Gasteiger partial charge in [-0.25, -0.2) is 19.2 Å². The molecule has 5 atom stereocenters. The lowest BCUT2D eigenvalue weighted by Crippen LogP contribution is -2.62. The lowest BCUT2D eigenvalue weighted by molar-refractivity contribution is -0.130. The van der Waals surface area contributed by atoms with Crippen LogP contribution in [0.3, 0.4) is 0 Å². The molecular weight excluding hydrogens is 430 g/mol. The van der Waals surface area contributed by atoms with Crippen LogP contribution in [-0.4, -0.2) is 60.8 Å². The Morgan fingerprint density at radius 1 is 1.23 bits per heavy atom. The van der Waals surface area contributed by atoms with Gasteiger partial charge in [0.2, 0.25) is 5.91 Å². The second-order valence-corrected chi connectivity index (χ2v) is 9.21.